The summed E-state index contributed by atoms with van der Waals surface area (Å²) in [5.41, 5.74) is 0. The van der Waals surface area contributed by atoms with Crippen molar-refractivity contribution in [1.82, 2.24) is 0 Å². The molecule has 0 saturated carbocycles. The highest BCUT2D eigenvalue weighted by molar-refractivity contribution is 6.33. The van der Waals surface area contributed by atoms with Gasteiger partial charge < -0.3 is 14.7 Å². The van der Waals surface area contributed by atoms with Gasteiger partial charge in [0.25, 0.3) is 0 Å². The first-order chi connectivity index (χ1) is 7.79. The Labute approximate surface area is 95.1 Å². The van der Waals surface area contributed by atoms with Crippen molar-refractivity contribution in [3.05, 3.63) is 66.7 Å². The fourth-order valence-corrected chi connectivity index (χ4v) is 1.01. The zero-order valence-electron chi connectivity index (χ0n) is 8.73. The van der Waals surface area contributed by atoms with Crippen LogP contribution in [-0.2, 0) is 0 Å². The van der Waals surface area contributed by atoms with Gasteiger partial charge >= 0.3 is 7.32 Å². The molecular weight excluding hydrogens is 203 g/mol. The molecule has 0 aliphatic rings. The molecule has 0 saturated heterocycles. The molecule has 82 valence electrons. The van der Waals surface area contributed by atoms with Crippen LogP contribution < -0.4 is 4.65 Å². The van der Waals surface area contributed by atoms with Crippen LogP contribution in [0.5, 0.6) is 5.75 Å². The lowest BCUT2D eigenvalue weighted by molar-refractivity contribution is 0.288. The zero-order chi connectivity index (χ0) is 11.6. The van der Waals surface area contributed by atoms with E-state index >= 15 is 0 Å². The van der Waals surface area contributed by atoms with Gasteiger partial charge in [-0.2, -0.15) is 0 Å². The molecule has 0 atom stereocenters. The Kier molecular flexibility index (Phi) is 5.77. The van der Waals surface area contributed by atoms with Gasteiger partial charge in [0.15, 0.2) is 0 Å². The summed E-state index contributed by atoms with van der Waals surface area (Å²) in [6, 6.07) is 20.6. The van der Waals surface area contributed by atoms with E-state index in [0.29, 0.717) is 5.75 Å². The molecule has 0 aliphatic heterocycles. The van der Waals surface area contributed by atoms with E-state index in [1.54, 1.807) is 24.3 Å². The Morgan fingerprint density at radius 2 is 1.06 bits per heavy atom. The van der Waals surface area contributed by atoms with Gasteiger partial charge in [0.05, 0.1) is 0 Å². The molecule has 0 unspecified atom stereocenters. The summed E-state index contributed by atoms with van der Waals surface area (Å²) < 4.78 is 4.53. The van der Waals surface area contributed by atoms with E-state index in [1.807, 2.05) is 42.5 Å². The van der Waals surface area contributed by atoms with E-state index in [2.05, 4.69) is 4.65 Å². The lowest BCUT2D eigenvalue weighted by Gasteiger charge is -2.01. The van der Waals surface area contributed by atoms with Crippen molar-refractivity contribution in [2.45, 2.75) is 0 Å². The molecule has 0 spiro atoms. The standard InChI is InChI=1S/C6H7BO3.C6H6/c8-7(9)10-6-4-2-1-3-5-6;1-2-4-6-5-3-1/h1-5,8-9H;1-6H. The Bertz CT molecular complexity index is 338. The predicted octanol–water partition coefficient (Wildman–Crippen LogP) is 1.72. The van der Waals surface area contributed by atoms with Crippen molar-refractivity contribution in [2.75, 3.05) is 0 Å². The number of rotatable bonds is 2. The Morgan fingerprint density at radius 3 is 1.44 bits per heavy atom. The molecule has 2 rings (SSSR count). The van der Waals surface area contributed by atoms with E-state index in [9.17, 15) is 0 Å². The minimum atomic E-state index is -1.73. The molecule has 0 aromatic heterocycles. The molecule has 4 heteroatoms. The first kappa shape index (κ1) is 12.3. The Morgan fingerprint density at radius 1 is 0.688 bits per heavy atom. The summed E-state index contributed by atoms with van der Waals surface area (Å²) in [6.07, 6.45) is 0. The van der Waals surface area contributed by atoms with Crippen LogP contribution >= 0.6 is 0 Å². The predicted molar refractivity (Wildman–Crippen MR) is 63.7 cm³/mol. The fourth-order valence-electron chi connectivity index (χ4n) is 1.01. The maximum atomic E-state index is 8.34. The second kappa shape index (κ2) is 7.51. The van der Waals surface area contributed by atoms with Crippen LogP contribution in [0.3, 0.4) is 0 Å². The molecule has 0 heterocycles. The van der Waals surface area contributed by atoms with Crippen LogP contribution in [-0.4, -0.2) is 17.4 Å². The van der Waals surface area contributed by atoms with E-state index < -0.39 is 7.32 Å². The van der Waals surface area contributed by atoms with E-state index in [0.717, 1.165) is 0 Å². The van der Waals surface area contributed by atoms with Crippen LogP contribution in [0.2, 0.25) is 0 Å². The van der Waals surface area contributed by atoms with Gasteiger partial charge in [-0.1, -0.05) is 54.6 Å². The van der Waals surface area contributed by atoms with Crippen LogP contribution in [0.25, 0.3) is 0 Å². The van der Waals surface area contributed by atoms with Crippen molar-refractivity contribution < 1.29 is 14.7 Å². The maximum Gasteiger partial charge on any atom is 0.707 e. The van der Waals surface area contributed by atoms with Gasteiger partial charge in [-0.3, -0.25) is 0 Å². The molecule has 0 bridgehead atoms. The highest BCUT2D eigenvalue weighted by Crippen LogP contribution is 2.07. The first-order valence-electron chi connectivity index (χ1n) is 4.87. The minimum Gasteiger partial charge on any atom is -0.512 e. The van der Waals surface area contributed by atoms with E-state index in [-0.39, 0.29) is 0 Å². The fraction of sp³-hybridized carbons (Fsp3) is 0. The van der Waals surface area contributed by atoms with Gasteiger partial charge in [-0.25, -0.2) is 0 Å². The van der Waals surface area contributed by atoms with Gasteiger partial charge in [0.2, 0.25) is 0 Å². The van der Waals surface area contributed by atoms with Crippen molar-refractivity contribution in [3.63, 3.8) is 0 Å². The second-order valence-corrected chi connectivity index (χ2v) is 2.91. The number of benzene rings is 2. The van der Waals surface area contributed by atoms with Gasteiger partial charge in [-0.15, -0.1) is 0 Å². The van der Waals surface area contributed by atoms with Crippen LogP contribution in [0.4, 0.5) is 0 Å². The third kappa shape index (κ3) is 5.85. The Hall–Kier alpha value is -1.78. The lowest BCUT2D eigenvalue weighted by Crippen LogP contribution is -2.20. The third-order valence-electron chi connectivity index (χ3n) is 1.65. The quantitative estimate of drug-likeness (QED) is 0.751. The highest BCUT2D eigenvalue weighted by Gasteiger charge is 2.09. The summed E-state index contributed by atoms with van der Waals surface area (Å²) >= 11 is 0. The summed E-state index contributed by atoms with van der Waals surface area (Å²) in [7, 11) is -1.73. The molecule has 0 aliphatic carbocycles. The summed E-state index contributed by atoms with van der Waals surface area (Å²) in [5, 5.41) is 16.7. The molecule has 0 fully saturated rings. The average Bonchev–Trinajstić information content (AvgIpc) is 2.32. The number of hydrogen-bond donors (Lipinski definition) is 2. The van der Waals surface area contributed by atoms with E-state index in [4.69, 9.17) is 10.0 Å². The Balaban J connectivity index is 0.000000181. The lowest BCUT2D eigenvalue weighted by atomic mass is 10.2. The van der Waals surface area contributed by atoms with Gasteiger partial charge in [0.1, 0.15) is 5.75 Å². The molecule has 2 aromatic rings. The van der Waals surface area contributed by atoms with Crippen LogP contribution in [0.1, 0.15) is 0 Å². The molecule has 0 radical (unpaired) electrons. The molecule has 2 aromatic carbocycles. The summed E-state index contributed by atoms with van der Waals surface area (Å²) in [6.45, 7) is 0. The van der Waals surface area contributed by atoms with Crippen molar-refractivity contribution in [3.8, 4) is 5.75 Å². The summed E-state index contributed by atoms with van der Waals surface area (Å²) in [5.74, 6) is 0.442. The van der Waals surface area contributed by atoms with Gasteiger partial charge in [0, 0.05) is 0 Å². The summed E-state index contributed by atoms with van der Waals surface area (Å²) in [4.78, 5) is 0. The highest BCUT2D eigenvalue weighted by atomic mass is 16.6. The first-order valence-corrected chi connectivity index (χ1v) is 4.87. The molecule has 3 nitrogen and oxygen atoms in total. The average molecular weight is 216 g/mol. The smallest absolute Gasteiger partial charge is 0.512 e. The normalized spacial score (nSPS) is 8.62. The largest absolute Gasteiger partial charge is 0.707 e. The SMILES string of the molecule is OB(O)Oc1ccccc1.c1ccccc1. The van der Waals surface area contributed by atoms with Crippen LogP contribution in [0.15, 0.2) is 66.7 Å². The molecular formula is C12H13BO3. The third-order valence-corrected chi connectivity index (χ3v) is 1.65. The monoisotopic (exact) mass is 216 g/mol. The van der Waals surface area contributed by atoms with Gasteiger partial charge in [-0.05, 0) is 12.1 Å². The van der Waals surface area contributed by atoms with E-state index in [1.165, 1.54) is 0 Å². The topological polar surface area (TPSA) is 49.7 Å². The maximum absolute atomic E-state index is 8.34. The second-order valence-electron chi connectivity index (χ2n) is 2.91. The number of para-hydroxylation sites is 1. The minimum absolute atomic E-state index is 0.442. The van der Waals surface area contributed by atoms with Crippen molar-refractivity contribution in [1.29, 1.82) is 0 Å². The molecule has 16 heavy (non-hydrogen) atoms. The van der Waals surface area contributed by atoms with Crippen LogP contribution in [0, 0.1) is 0 Å². The van der Waals surface area contributed by atoms with Crippen molar-refractivity contribution >= 4 is 7.32 Å². The van der Waals surface area contributed by atoms with Crippen molar-refractivity contribution in [2.24, 2.45) is 0 Å². The molecule has 0 amide bonds. The molecule has 2 N–H and O–H groups in total. The zero-order valence-corrected chi connectivity index (χ0v) is 8.73. The number of hydrogen-bond acceptors (Lipinski definition) is 3.